The number of aliphatic hydroxyl groups excluding tert-OH is 3. The van der Waals surface area contributed by atoms with E-state index in [9.17, 15) is 20.1 Å². The van der Waals surface area contributed by atoms with E-state index in [0.717, 1.165) is 44.9 Å². The van der Waals surface area contributed by atoms with Crippen molar-refractivity contribution in [3.8, 4) is 0 Å². The van der Waals surface area contributed by atoms with Gasteiger partial charge in [-0.3, -0.25) is 4.79 Å². The van der Waals surface area contributed by atoms with Crippen molar-refractivity contribution >= 4 is 5.91 Å². The van der Waals surface area contributed by atoms with Crippen molar-refractivity contribution in [1.82, 2.24) is 5.32 Å². The molecular formula is C47H91NO4. The van der Waals surface area contributed by atoms with E-state index in [4.69, 9.17) is 0 Å². The number of aliphatic hydroxyl groups is 3. The van der Waals surface area contributed by atoms with Gasteiger partial charge in [-0.1, -0.05) is 218 Å². The third-order valence-electron chi connectivity index (χ3n) is 10.8. The summed E-state index contributed by atoms with van der Waals surface area (Å²) in [6.07, 6.45) is 51.7. The van der Waals surface area contributed by atoms with Gasteiger partial charge in [-0.15, -0.1) is 0 Å². The van der Waals surface area contributed by atoms with Gasteiger partial charge in [0.15, 0.2) is 0 Å². The summed E-state index contributed by atoms with van der Waals surface area (Å²) in [5.74, 6) is -0.146. The fraction of sp³-hybridized carbons (Fsp3) is 0.894. The second kappa shape index (κ2) is 42.6. The van der Waals surface area contributed by atoms with Crippen LogP contribution in [0.4, 0.5) is 0 Å². The second-order valence-corrected chi connectivity index (χ2v) is 16.0. The third kappa shape index (κ3) is 37.2. The number of carbonyl (C=O) groups excluding carboxylic acids is 1. The molecule has 1 amide bonds. The molecular weight excluding hydrogens is 643 g/mol. The van der Waals surface area contributed by atoms with Gasteiger partial charge < -0.3 is 20.6 Å². The Kier molecular flexibility index (Phi) is 41.6. The topological polar surface area (TPSA) is 89.8 Å². The molecule has 308 valence electrons. The van der Waals surface area contributed by atoms with E-state index in [1.54, 1.807) is 0 Å². The summed E-state index contributed by atoms with van der Waals surface area (Å²) < 4.78 is 0. The lowest BCUT2D eigenvalue weighted by molar-refractivity contribution is -0.124. The molecule has 0 spiro atoms. The van der Waals surface area contributed by atoms with Gasteiger partial charge in [0.2, 0.25) is 5.91 Å². The van der Waals surface area contributed by atoms with Crippen molar-refractivity contribution in [3.63, 3.8) is 0 Å². The van der Waals surface area contributed by atoms with Crippen molar-refractivity contribution in [3.05, 3.63) is 24.3 Å². The first-order valence-corrected chi connectivity index (χ1v) is 23.1. The number of nitrogens with one attached hydrogen (secondary N) is 1. The van der Waals surface area contributed by atoms with Crippen LogP contribution >= 0.6 is 0 Å². The van der Waals surface area contributed by atoms with Gasteiger partial charge in [0.05, 0.1) is 18.8 Å². The first-order valence-electron chi connectivity index (χ1n) is 23.1. The summed E-state index contributed by atoms with van der Waals surface area (Å²) in [5.41, 5.74) is 0. The molecule has 0 rings (SSSR count). The van der Waals surface area contributed by atoms with Crippen LogP contribution < -0.4 is 5.32 Å². The number of hydrogen-bond donors (Lipinski definition) is 4. The molecule has 0 bridgehead atoms. The molecule has 3 unspecified atom stereocenters. The van der Waals surface area contributed by atoms with Gasteiger partial charge in [0.25, 0.3) is 0 Å². The Morgan fingerprint density at radius 1 is 0.481 bits per heavy atom. The standard InChI is InChI=1S/C47H91NO4/c1-3-5-7-9-11-13-14-15-16-17-18-19-20-21-22-23-24-25-26-27-28-29-30-31-32-34-36-38-40-42-46(51)48-44(43-49)47(52)45(50)41-39-37-35-33-12-10-8-6-4-2/h18-19,21-22,44-45,47,49-50,52H,3-17,20,23-43H2,1-2H3,(H,48,51)/b19-18-,22-21-. The van der Waals surface area contributed by atoms with Crippen LogP contribution in [0.1, 0.15) is 245 Å². The Morgan fingerprint density at radius 3 is 1.21 bits per heavy atom. The molecule has 0 radical (unpaired) electrons. The van der Waals surface area contributed by atoms with Gasteiger partial charge in [-0.25, -0.2) is 0 Å². The quantitative estimate of drug-likeness (QED) is 0.0371. The fourth-order valence-corrected chi connectivity index (χ4v) is 7.19. The number of allylic oxidation sites excluding steroid dienone is 4. The Bertz CT molecular complexity index is 768. The molecule has 5 heteroatoms. The van der Waals surface area contributed by atoms with Gasteiger partial charge in [-0.2, -0.15) is 0 Å². The number of unbranched alkanes of at least 4 members (excludes halogenated alkanes) is 30. The summed E-state index contributed by atoms with van der Waals surface area (Å²) in [6, 6.07) is -0.806. The van der Waals surface area contributed by atoms with E-state index in [2.05, 4.69) is 43.5 Å². The van der Waals surface area contributed by atoms with Crippen LogP contribution in [-0.2, 0) is 4.79 Å². The van der Waals surface area contributed by atoms with E-state index in [-0.39, 0.29) is 12.5 Å². The molecule has 0 fully saturated rings. The minimum absolute atomic E-state index is 0.146. The maximum Gasteiger partial charge on any atom is 0.220 e. The normalized spacial score (nSPS) is 13.7. The van der Waals surface area contributed by atoms with Crippen LogP contribution in [0.25, 0.3) is 0 Å². The molecule has 4 N–H and O–H groups in total. The zero-order valence-electron chi connectivity index (χ0n) is 35.0. The lowest BCUT2D eigenvalue weighted by Gasteiger charge is -2.26. The molecule has 3 atom stereocenters. The first kappa shape index (κ1) is 50.8. The maximum atomic E-state index is 12.4. The largest absolute Gasteiger partial charge is 0.394 e. The molecule has 52 heavy (non-hydrogen) atoms. The number of amides is 1. The Morgan fingerprint density at radius 2 is 0.827 bits per heavy atom. The lowest BCUT2D eigenvalue weighted by atomic mass is 9.99. The van der Waals surface area contributed by atoms with Gasteiger partial charge in [0, 0.05) is 6.42 Å². The van der Waals surface area contributed by atoms with Crippen molar-refractivity contribution in [2.45, 2.75) is 263 Å². The number of hydrogen-bond acceptors (Lipinski definition) is 4. The predicted molar refractivity (Wildman–Crippen MR) is 227 cm³/mol. The fourth-order valence-electron chi connectivity index (χ4n) is 7.19. The monoisotopic (exact) mass is 734 g/mol. The average molecular weight is 734 g/mol. The summed E-state index contributed by atoms with van der Waals surface area (Å²) >= 11 is 0. The molecule has 0 aromatic carbocycles. The SMILES string of the molecule is CCCCCCCCCCC/C=C\C/C=C\CCCCCCCCCCCCCCCC(=O)NC(CO)C(O)C(O)CCCCCCCCCCC. The highest BCUT2D eigenvalue weighted by atomic mass is 16.3. The van der Waals surface area contributed by atoms with E-state index in [1.807, 2.05) is 0 Å². The van der Waals surface area contributed by atoms with Crippen molar-refractivity contribution in [1.29, 1.82) is 0 Å². The van der Waals surface area contributed by atoms with Crippen LogP contribution in [0.5, 0.6) is 0 Å². The minimum Gasteiger partial charge on any atom is -0.394 e. The molecule has 0 saturated carbocycles. The highest BCUT2D eigenvalue weighted by Crippen LogP contribution is 2.16. The van der Waals surface area contributed by atoms with Crippen LogP contribution in [0.3, 0.4) is 0 Å². The molecule has 0 heterocycles. The zero-order chi connectivity index (χ0) is 38.0. The summed E-state index contributed by atoms with van der Waals surface area (Å²) in [5, 5.41) is 33.4. The van der Waals surface area contributed by atoms with Crippen LogP contribution in [-0.4, -0.2) is 46.1 Å². The molecule has 5 nitrogen and oxygen atoms in total. The Hall–Kier alpha value is -1.17. The van der Waals surface area contributed by atoms with E-state index >= 15 is 0 Å². The maximum absolute atomic E-state index is 12.4. The minimum atomic E-state index is -1.13. The van der Waals surface area contributed by atoms with Crippen molar-refractivity contribution in [2.24, 2.45) is 0 Å². The molecule has 0 saturated heterocycles. The highest BCUT2D eigenvalue weighted by Gasteiger charge is 2.26. The van der Waals surface area contributed by atoms with Crippen LogP contribution in [0, 0.1) is 0 Å². The van der Waals surface area contributed by atoms with Crippen LogP contribution in [0.15, 0.2) is 24.3 Å². The summed E-state index contributed by atoms with van der Waals surface area (Å²) in [7, 11) is 0. The van der Waals surface area contributed by atoms with Crippen molar-refractivity contribution in [2.75, 3.05) is 6.61 Å². The van der Waals surface area contributed by atoms with E-state index < -0.39 is 18.2 Å². The van der Waals surface area contributed by atoms with Crippen LogP contribution in [0.2, 0.25) is 0 Å². The van der Waals surface area contributed by atoms with Gasteiger partial charge in [-0.05, 0) is 44.9 Å². The second-order valence-electron chi connectivity index (χ2n) is 16.0. The molecule has 0 aliphatic heterocycles. The number of carbonyl (C=O) groups is 1. The van der Waals surface area contributed by atoms with Gasteiger partial charge in [0.1, 0.15) is 6.10 Å². The predicted octanol–water partition coefficient (Wildman–Crippen LogP) is 13.4. The third-order valence-corrected chi connectivity index (χ3v) is 10.8. The van der Waals surface area contributed by atoms with Gasteiger partial charge >= 0.3 is 0 Å². The van der Waals surface area contributed by atoms with Crippen molar-refractivity contribution < 1.29 is 20.1 Å². The Balaban J connectivity index is 3.51. The Labute approximate surface area is 324 Å². The van der Waals surface area contributed by atoms with E-state index in [0.29, 0.717) is 12.8 Å². The first-order chi connectivity index (χ1) is 25.6. The highest BCUT2D eigenvalue weighted by molar-refractivity contribution is 5.76. The lowest BCUT2D eigenvalue weighted by Crippen LogP contribution is -2.50. The number of rotatable bonds is 42. The summed E-state index contributed by atoms with van der Waals surface area (Å²) in [6.45, 7) is 4.16. The zero-order valence-corrected chi connectivity index (χ0v) is 35.0. The van der Waals surface area contributed by atoms with E-state index in [1.165, 1.54) is 173 Å². The molecule has 0 aliphatic rings. The summed E-state index contributed by atoms with van der Waals surface area (Å²) in [4.78, 5) is 12.4. The average Bonchev–Trinajstić information content (AvgIpc) is 3.15. The smallest absolute Gasteiger partial charge is 0.220 e. The molecule has 0 aromatic heterocycles. The molecule has 0 aliphatic carbocycles. The molecule has 0 aromatic rings.